The molecule has 0 aliphatic carbocycles. The lowest BCUT2D eigenvalue weighted by Gasteiger charge is -2.30. The Labute approximate surface area is 179 Å². The van der Waals surface area contributed by atoms with Gasteiger partial charge in [-0.25, -0.2) is 4.98 Å². The molecule has 9 heteroatoms. The summed E-state index contributed by atoms with van der Waals surface area (Å²) in [5, 5.41) is 6.12. The molecule has 3 heterocycles. The van der Waals surface area contributed by atoms with E-state index in [1.165, 1.54) is 6.20 Å². The molecule has 31 heavy (non-hydrogen) atoms. The van der Waals surface area contributed by atoms with Crippen LogP contribution in [-0.2, 0) is 6.42 Å². The highest BCUT2D eigenvalue weighted by atomic mass is 16.5. The maximum atomic E-state index is 12.7. The number of hydrogen-bond acceptors (Lipinski definition) is 8. The summed E-state index contributed by atoms with van der Waals surface area (Å²) in [6.45, 7) is 3.41. The van der Waals surface area contributed by atoms with Gasteiger partial charge in [-0.2, -0.15) is 0 Å². The van der Waals surface area contributed by atoms with Crippen LogP contribution in [-0.4, -0.2) is 54.9 Å². The minimum atomic E-state index is -0.489. The van der Waals surface area contributed by atoms with Crippen molar-refractivity contribution in [2.45, 2.75) is 6.42 Å². The van der Waals surface area contributed by atoms with Crippen LogP contribution >= 0.6 is 0 Å². The molecule has 1 aromatic carbocycles. The predicted molar refractivity (Wildman–Crippen MR) is 115 cm³/mol. The lowest BCUT2D eigenvalue weighted by atomic mass is 10.1. The second-order valence-corrected chi connectivity index (χ2v) is 7.07. The number of nitrogens with zero attached hydrogens (tertiary/aromatic N) is 3. The van der Waals surface area contributed by atoms with E-state index in [1.807, 2.05) is 12.1 Å². The minimum absolute atomic E-state index is 0.0379. The Hall–Kier alpha value is -3.72. The molecule has 9 nitrogen and oxygen atoms in total. The summed E-state index contributed by atoms with van der Waals surface area (Å²) in [5.74, 6) is -0.298. The van der Waals surface area contributed by atoms with E-state index in [2.05, 4.69) is 25.5 Å². The topological polar surface area (TPSA) is 110 Å². The molecule has 1 fully saturated rings. The Balaban J connectivity index is 1.44. The van der Waals surface area contributed by atoms with Gasteiger partial charge in [-0.05, 0) is 23.8 Å². The molecule has 0 bridgehead atoms. The highest BCUT2D eigenvalue weighted by molar-refractivity contribution is 6.04. The average Bonchev–Trinajstić information content (AvgIpc) is 3.31. The molecule has 0 saturated carbocycles. The smallest absolute Gasteiger partial charge is 0.293 e. The Morgan fingerprint density at radius 3 is 2.87 bits per heavy atom. The van der Waals surface area contributed by atoms with Crippen LogP contribution in [0, 0.1) is 0 Å². The van der Waals surface area contributed by atoms with Gasteiger partial charge in [-0.15, -0.1) is 0 Å². The van der Waals surface area contributed by atoms with E-state index < -0.39 is 5.91 Å². The van der Waals surface area contributed by atoms with Crippen LogP contribution in [0.25, 0.3) is 0 Å². The molecule has 0 spiro atoms. The Morgan fingerprint density at radius 2 is 2.06 bits per heavy atom. The molecule has 1 aliphatic heterocycles. The van der Waals surface area contributed by atoms with E-state index in [1.54, 1.807) is 37.7 Å². The number of aromatic nitrogens is 2. The zero-order valence-corrected chi connectivity index (χ0v) is 17.1. The van der Waals surface area contributed by atoms with E-state index in [4.69, 9.17) is 9.15 Å². The third kappa shape index (κ3) is 4.89. The number of rotatable bonds is 7. The standard InChI is InChI=1S/C22H23N5O4/c1-30-16-4-2-3-15(11-16)12-19(28)22-25-14-20(31-22)21(29)26-17-13-24-6-5-18(17)27-9-7-23-8-10-27/h2-6,11,13-14,23H,7-10,12H2,1H3,(H,26,29). The summed E-state index contributed by atoms with van der Waals surface area (Å²) in [7, 11) is 1.57. The number of ether oxygens (including phenoxy) is 1. The lowest BCUT2D eigenvalue weighted by molar-refractivity contribution is 0.0948. The average molecular weight is 421 g/mol. The molecule has 160 valence electrons. The second-order valence-electron chi connectivity index (χ2n) is 7.07. The zero-order valence-electron chi connectivity index (χ0n) is 17.1. The molecule has 1 amide bonds. The number of pyridine rings is 1. The van der Waals surface area contributed by atoms with E-state index >= 15 is 0 Å². The van der Waals surface area contributed by atoms with Crippen LogP contribution in [0.2, 0.25) is 0 Å². The van der Waals surface area contributed by atoms with E-state index in [9.17, 15) is 9.59 Å². The Bertz CT molecular complexity index is 1080. The largest absolute Gasteiger partial charge is 0.497 e. The van der Waals surface area contributed by atoms with Gasteiger partial charge in [0.25, 0.3) is 11.8 Å². The van der Waals surface area contributed by atoms with Crippen molar-refractivity contribution in [1.29, 1.82) is 0 Å². The van der Waals surface area contributed by atoms with Gasteiger partial charge in [-0.3, -0.25) is 14.6 Å². The first-order chi connectivity index (χ1) is 15.1. The highest BCUT2D eigenvalue weighted by Gasteiger charge is 2.20. The summed E-state index contributed by atoms with van der Waals surface area (Å²) in [6.07, 6.45) is 4.64. The van der Waals surface area contributed by atoms with Gasteiger partial charge in [0.05, 0.1) is 30.9 Å². The normalized spacial score (nSPS) is 13.6. The van der Waals surface area contributed by atoms with Crippen LogP contribution in [0.15, 0.2) is 53.3 Å². The number of amides is 1. The molecule has 3 aromatic rings. The maximum Gasteiger partial charge on any atom is 0.293 e. The number of oxazole rings is 1. The minimum Gasteiger partial charge on any atom is -0.497 e. The zero-order chi connectivity index (χ0) is 21.6. The molecule has 4 rings (SSSR count). The molecular formula is C22H23N5O4. The van der Waals surface area contributed by atoms with Crippen molar-refractivity contribution < 1.29 is 18.7 Å². The van der Waals surface area contributed by atoms with Crippen molar-refractivity contribution >= 4 is 23.1 Å². The van der Waals surface area contributed by atoms with Gasteiger partial charge in [0.2, 0.25) is 11.5 Å². The Kier molecular flexibility index (Phi) is 6.23. The van der Waals surface area contributed by atoms with E-state index in [0.717, 1.165) is 37.4 Å². The number of hydrogen-bond donors (Lipinski definition) is 2. The molecule has 0 atom stereocenters. The molecule has 1 saturated heterocycles. The van der Waals surface area contributed by atoms with E-state index in [-0.39, 0.29) is 23.9 Å². The number of nitrogens with one attached hydrogen (secondary N) is 2. The molecule has 0 unspecified atom stereocenters. The molecule has 0 radical (unpaired) electrons. The van der Waals surface area contributed by atoms with Crippen LogP contribution in [0.4, 0.5) is 11.4 Å². The predicted octanol–water partition coefficient (Wildman–Crippen LogP) is 2.17. The summed E-state index contributed by atoms with van der Waals surface area (Å²) in [4.78, 5) is 35.5. The summed E-state index contributed by atoms with van der Waals surface area (Å²) in [6, 6.07) is 9.06. The summed E-state index contributed by atoms with van der Waals surface area (Å²) >= 11 is 0. The number of methoxy groups -OCH3 is 1. The van der Waals surface area contributed by atoms with Crippen LogP contribution in [0.5, 0.6) is 5.75 Å². The third-order valence-electron chi connectivity index (χ3n) is 4.97. The number of Topliss-reactive ketones (excluding diaryl/α,β-unsaturated/α-hetero) is 1. The third-order valence-corrected chi connectivity index (χ3v) is 4.97. The summed E-state index contributed by atoms with van der Waals surface area (Å²) in [5.41, 5.74) is 2.23. The van der Waals surface area contributed by atoms with Crippen molar-refractivity contribution in [3.8, 4) is 5.75 Å². The molecular weight excluding hydrogens is 398 g/mol. The first-order valence-electron chi connectivity index (χ1n) is 9.97. The van der Waals surface area contributed by atoms with Gasteiger partial charge in [0, 0.05) is 38.8 Å². The number of carbonyl (C=O) groups excluding carboxylic acids is 2. The monoisotopic (exact) mass is 421 g/mol. The number of carbonyl (C=O) groups is 2. The number of benzene rings is 1. The van der Waals surface area contributed by atoms with Crippen LogP contribution in [0.1, 0.15) is 26.8 Å². The van der Waals surface area contributed by atoms with Gasteiger partial charge < -0.3 is 24.7 Å². The molecule has 2 aromatic heterocycles. The van der Waals surface area contributed by atoms with E-state index in [0.29, 0.717) is 11.4 Å². The van der Waals surface area contributed by atoms with Crippen molar-refractivity contribution in [3.05, 3.63) is 66.1 Å². The first-order valence-corrected chi connectivity index (χ1v) is 9.97. The SMILES string of the molecule is COc1cccc(CC(=O)c2ncc(C(=O)Nc3cnccc3N3CCNCC3)o2)c1. The van der Waals surface area contributed by atoms with Crippen molar-refractivity contribution in [2.75, 3.05) is 43.5 Å². The van der Waals surface area contributed by atoms with Gasteiger partial charge in [-0.1, -0.05) is 12.1 Å². The number of ketones is 1. The number of piperazine rings is 1. The Morgan fingerprint density at radius 1 is 1.23 bits per heavy atom. The number of anilines is 2. The fourth-order valence-electron chi connectivity index (χ4n) is 3.40. The van der Waals surface area contributed by atoms with Crippen molar-refractivity contribution in [3.63, 3.8) is 0 Å². The van der Waals surface area contributed by atoms with Gasteiger partial charge in [0.1, 0.15) is 5.75 Å². The quantitative estimate of drug-likeness (QED) is 0.559. The van der Waals surface area contributed by atoms with Crippen LogP contribution in [0.3, 0.4) is 0 Å². The lowest BCUT2D eigenvalue weighted by Crippen LogP contribution is -2.43. The fourth-order valence-corrected chi connectivity index (χ4v) is 3.40. The van der Waals surface area contributed by atoms with Gasteiger partial charge >= 0.3 is 0 Å². The van der Waals surface area contributed by atoms with Crippen LogP contribution < -0.4 is 20.3 Å². The highest BCUT2D eigenvalue weighted by Crippen LogP contribution is 2.25. The van der Waals surface area contributed by atoms with Crippen molar-refractivity contribution in [2.24, 2.45) is 0 Å². The summed E-state index contributed by atoms with van der Waals surface area (Å²) < 4.78 is 10.6. The fraction of sp³-hybridized carbons (Fsp3) is 0.273. The molecule has 1 aliphatic rings. The molecule has 2 N–H and O–H groups in total. The van der Waals surface area contributed by atoms with Gasteiger partial charge in [0.15, 0.2) is 0 Å². The second kappa shape index (κ2) is 9.40. The maximum absolute atomic E-state index is 12.7. The van der Waals surface area contributed by atoms with Crippen molar-refractivity contribution in [1.82, 2.24) is 15.3 Å². The first kappa shape index (κ1) is 20.5.